The summed E-state index contributed by atoms with van der Waals surface area (Å²) in [5, 5.41) is 9.10. The Hall–Kier alpha value is -0.430. The van der Waals surface area contributed by atoms with E-state index in [-0.39, 0.29) is 8.35 Å². The van der Waals surface area contributed by atoms with Crippen molar-refractivity contribution in [3.63, 3.8) is 0 Å². The largest absolute Gasteiger partial charge is 0.306 e. The average molecular weight is 91.0 g/mol. The Balaban J connectivity index is 3.20. The average Bonchev–Trinajstić information content (AvgIpc) is 1.38. The highest BCUT2D eigenvalue weighted by Gasteiger charge is 1.72. The Morgan fingerprint density at radius 3 is 2.20 bits per heavy atom. The Labute approximate surface area is 30.6 Å². The van der Waals surface area contributed by atoms with E-state index < -0.39 is 4.69 Å². The third-order valence-electron chi connectivity index (χ3n) is 0.115. The summed E-state index contributed by atoms with van der Waals surface area (Å²) in [6.45, 7) is 0. The van der Waals surface area contributed by atoms with Gasteiger partial charge in [0.25, 0.3) is 0 Å². The van der Waals surface area contributed by atoms with Gasteiger partial charge in [-0.15, -0.1) is 0 Å². The van der Waals surface area contributed by atoms with Gasteiger partial charge in [-0.3, -0.25) is 10.1 Å². The molecule has 0 saturated carbocycles. The first-order valence-electron chi connectivity index (χ1n) is 0.881. The first-order chi connectivity index (χ1) is 2.27. The molecule has 0 spiro atoms. The first kappa shape index (κ1) is 4.57. The van der Waals surface area contributed by atoms with Crippen molar-refractivity contribution in [3.8, 4) is 0 Å². The number of nitro groups is 1. The molecule has 0 aromatic heterocycles. The maximum Gasteiger partial charge on any atom is 0.306 e. The second-order valence-electron chi connectivity index (χ2n) is 0.379. The molecule has 0 radical (unpaired) electrons. The number of hydrogen-bond donors (Lipinski definition) is 0. The lowest BCUT2D eigenvalue weighted by Gasteiger charge is -1.63. The monoisotopic (exact) mass is 91.0 g/mol. The molecule has 0 rings (SSSR count). The van der Waals surface area contributed by atoms with Crippen LogP contribution in [0.5, 0.6) is 0 Å². The summed E-state index contributed by atoms with van der Waals surface area (Å²) in [5.74, 6) is 0. The first-order valence-corrected chi connectivity index (χ1v) is 1.91. The minimum atomic E-state index is -0.514. The number of hydrogen-bond acceptors (Lipinski definition) is 2. The molecule has 0 atom stereocenters. The van der Waals surface area contributed by atoms with Gasteiger partial charge in [-0.1, -0.05) is 0 Å². The van der Waals surface area contributed by atoms with Gasteiger partial charge in [-0.05, 0) is 0 Å². The van der Waals surface area contributed by atoms with Gasteiger partial charge >= 0.3 is 8.35 Å². The maximum atomic E-state index is 9.10. The molecule has 0 N–H and O–H groups in total. The van der Waals surface area contributed by atoms with Gasteiger partial charge in [0.05, 0.1) is 4.69 Å². The van der Waals surface area contributed by atoms with Crippen LogP contribution in [0.25, 0.3) is 0 Å². The summed E-state index contributed by atoms with van der Waals surface area (Å²) < 4.78 is -0.514. The quantitative estimate of drug-likeness (QED) is 0.269. The molecule has 0 aliphatic heterocycles. The van der Waals surface area contributed by atoms with E-state index in [9.17, 15) is 0 Å². The van der Waals surface area contributed by atoms with Crippen molar-refractivity contribution in [1.82, 2.24) is 0 Å². The fourth-order valence-corrected chi connectivity index (χ4v) is 0. The van der Waals surface area contributed by atoms with Crippen LogP contribution in [0.2, 0.25) is 0 Å². The third-order valence-corrected chi connectivity index (χ3v) is 0.346. The second-order valence-corrected chi connectivity index (χ2v) is 0.989. The van der Waals surface area contributed by atoms with Crippen molar-refractivity contribution in [2.75, 3.05) is 0 Å². The molecule has 3 nitrogen and oxygen atoms in total. The van der Waals surface area contributed by atoms with E-state index >= 15 is 0 Å². The van der Waals surface area contributed by atoms with Crippen molar-refractivity contribution >= 4 is 14.7 Å². The molecule has 4 heteroatoms. The summed E-state index contributed by atoms with van der Waals surface area (Å²) in [4.78, 5) is 9.10. The lowest BCUT2D eigenvalue weighted by atomic mass is 12.0. The Kier molecular flexibility index (Phi) is 1.69. The zero-order valence-electron chi connectivity index (χ0n) is 2.42. The zero-order valence-corrected chi connectivity index (χ0v) is 3.31. The van der Waals surface area contributed by atoms with Gasteiger partial charge < -0.3 is 0 Å². The lowest BCUT2D eigenvalue weighted by molar-refractivity contribution is -0.290. The highest BCUT2D eigenvalue weighted by Crippen LogP contribution is 1.84. The molecule has 0 bridgehead atoms. The molecular weight excluding hydrogens is 89.0 g/mol. The summed E-state index contributed by atoms with van der Waals surface area (Å²) in [7, 11) is -0.0309. The van der Waals surface area contributed by atoms with E-state index in [1.54, 1.807) is 0 Å². The summed E-state index contributed by atoms with van der Waals surface area (Å²) in [5.41, 5.74) is 0. The SMILES string of the molecule is C=P[N+](=O)[O-]. The fourth-order valence-electron chi connectivity index (χ4n) is 0. The van der Waals surface area contributed by atoms with Gasteiger partial charge in [0.1, 0.15) is 0 Å². The van der Waals surface area contributed by atoms with Crippen molar-refractivity contribution in [1.29, 1.82) is 0 Å². The molecule has 0 fully saturated rings. The highest BCUT2D eigenvalue weighted by molar-refractivity contribution is 7.29. The molecule has 0 aromatic rings. The second kappa shape index (κ2) is 1.85. The standard InChI is InChI=1S/CH2NO2P/c1-5-2(3)4/h1H2. The molecule has 0 unspecified atom stereocenters. The third kappa shape index (κ3) is 3.57. The normalized spacial score (nSPS) is 8.00. The minimum absolute atomic E-state index is 0.0309. The molecule has 0 heterocycles. The Morgan fingerprint density at radius 2 is 2.20 bits per heavy atom. The van der Waals surface area contributed by atoms with Crippen molar-refractivity contribution < 1.29 is 4.69 Å². The summed E-state index contributed by atoms with van der Waals surface area (Å²) >= 11 is 0. The van der Waals surface area contributed by atoms with Crippen LogP contribution in [-0.2, 0) is 0 Å². The Bertz CT molecular complexity index is 60.7. The molecule has 28 valence electrons. The van der Waals surface area contributed by atoms with E-state index in [0.717, 1.165) is 0 Å². The van der Waals surface area contributed by atoms with Gasteiger partial charge in [0.15, 0.2) is 0 Å². The van der Waals surface area contributed by atoms with Gasteiger partial charge in [0, 0.05) is 6.30 Å². The predicted molar refractivity (Wildman–Crippen MR) is 21.0 cm³/mol. The van der Waals surface area contributed by atoms with Gasteiger partial charge in [0.2, 0.25) is 0 Å². The molecule has 0 aliphatic rings. The van der Waals surface area contributed by atoms with E-state index in [1.165, 1.54) is 0 Å². The summed E-state index contributed by atoms with van der Waals surface area (Å²) in [6.07, 6.45) is 2.96. The van der Waals surface area contributed by atoms with E-state index in [2.05, 4.69) is 6.30 Å². The number of rotatable bonds is 1. The van der Waals surface area contributed by atoms with Crippen LogP contribution >= 0.6 is 8.35 Å². The van der Waals surface area contributed by atoms with Crippen LogP contribution in [-0.4, -0.2) is 11.0 Å². The van der Waals surface area contributed by atoms with Crippen molar-refractivity contribution in [2.24, 2.45) is 0 Å². The van der Waals surface area contributed by atoms with Crippen molar-refractivity contribution in [2.45, 2.75) is 0 Å². The Morgan fingerprint density at radius 1 is 2.00 bits per heavy atom. The predicted octanol–water partition coefficient (Wildman–Crippen LogP) is 0.556. The van der Waals surface area contributed by atoms with E-state index in [0.29, 0.717) is 0 Å². The highest BCUT2D eigenvalue weighted by atomic mass is 31.1. The zero-order chi connectivity index (χ0) is 4.28. The van der Waals surface area contributed by atoms with Gasteiger partial charge in [-0.25, -0.2) is 0 Å². The molecule has 0 saturated heterocycles. The van der Waals surface area contributed by atoms with Crippen molar-refractivity contribution in [3.05, 3.63) is 10.1 Å². The molecule has 0 aliphatic carbocycles. The van der Waals surface area contributed by atoms with Crippen LogP contribution < -0.4 is 0 Å². The molecule has 5 heavy (non-hydrogen) atoms. The molecule has 0 amide bonds. The smallest absolute Gasteiger partial charge is 0.257 e. The van der Waals surface area contributed by atoms with Gasteiger partial charge in [-0.2, -0.15) is 0 Å². The van der Waals surface area contributed by atoms with Crippen LogP contribution in [0.4, 0.5) is 0 Å². The van der Waals surface area contributed by atoms with Crippen LogP contribution in [0.1, 0.15) is 0 Å². The van der Waals surface area contributed by atoms with E-state index in [1.807, 2.05) is 0 Å². The molecular formula is CH2NO2P. The maximum absolute atomic E-state index is 9.10. The number of nitrogens with zero attached hydrogens (tertiary/aromatic N) is 1. The van der Waals surface area contributed by atoms with Crippen LogP contribution in [0.15, 0.2) is 0 Å². The lowest BCUT2D eigenvalue weighted by Crippen LogP contribution is -1.68. The minimum Gasteiger partial charge on any atom is -0.257 e. The van der Waals surface area contributed by atoms with Crippen LogP contribution in [0, 0.1) is 10.1 Å². The molecule has 0 aromatic carbocycles. The topological polar surface area (TPSA) is 43.1 Å². The van der Waals surface area contributed by atoms with E-state index in [4.69, 9.17) is 10.1 Å². The fraction of sp³-hybridized carbons (Fsp3) is 0. The van der Waals surface area contributed by atoms with Crippen LogP contribution in [0.3, 0.4) is 0 Å². The summed E-state index contributed by atoms with van der Waals surface area (Å²) in [6, 6.07) is 0.